The zero-order valence-electron chi connectivity index (χ0n) is 12.1. The Morgan fingerprint density at radius 2 is 0.950 bits per heavy atom. The maximum absolute atomic E-state index is 9.43. The minimum absolute atomic E-state index is 0.307. The molecule has 2 N–H and O–H groups in total. The fraction of sp³-hybridized carbons (Fsp3) is 0.333. The van der Waals surface area contributed by atoms with Crippen LogP contribution in [0.4, 0.5) is 0 Å². The van der Waals surface area contributed by atoms with Gasteiger partial charge in [0, 0.05) is 0 Å². The summed E-state index contributed by atoms with van der Waals surface area (Å²) in [6, 6.07) is 15.0. The van der Waals surface area contributed by atoms with Gasteiger partial charge in [0.25, 0.3) is 0 Å². The highest BCUT2D eigenvalue weighted by molar-refractivity contribution is 5.34. The van der Waals surface area contributed by atoms with Crippen LogP contribution in [0.15, 0.2) is 48.5 Å². The third-order valence-corrected chi connectivity index (χ3v) is 4.01. The summed E-state index contributed by atoms with van der Waals surface area (Å²) in [5, 5.41) is 18.9. The number of phenols is 2. The van der Waals surface area contributed by atoms with E-state index in [2.05, 4.69) is 13.8 Å². The molecule has 2 atom stereocenters. The van der Waals surface area contributed by atoms with Gasteiger partial charge in [0.2, 0.25) is 0 Å². The Morgan fingerprint density at radius 3 is 1.20 bits per heavy atom. The van der Waals surface area contributed by atoms with Crippen LogP contribution >= 0.6 is 0 Å². The third-order valence-electron chi connectivity index (χ3n) is 4.01. The second kappa shape index (κ2) is 6.47. The Labute approximate surface area is 120 Å². The summed E-state index contributed by atoms with van der Waals surface area (Å²) in [6.07, 6.45) is 2.09. The van der Waals surface area contributed by atoms with E-state index in [1.807, 2.05) is 24.3 Å². The molecule has 0 aliphatic rings. The van der Waals surface area contributed by atoms with Crippen molar-refractivity contribution < 1.29 is 10.2 Å². The maximum atomic E-state index is 9.43. The van der Waals surface area contributed by atoms with Crippen molar-refractivity contribution >= 4 is 0 Å². The molecular formula is C18H22O2. The van der Waals surface area contributed by atoms with Gasteiger partial charge in [-0.2, -0.15) is 0 Å². The molecule has 0 bridgehead atoms. The van der Waals surface area contributed by atoms with Crippen molar-refractivity contribution in [3.63, 3.8) is 0 Å². The van der Waals surface area contributed by atoms with E-state index in [-0.39, 0.29) is 0 Å². The molecule has 0 aliphatic carbocycles. The zero-order chi connectivity index (χ0) is 14.5. The van der Waals surface area contributed by atoms with Gasteiger partial charge in [-0.1, -0.05) is 38.1 Å². The van der Waals surface area contributed by atoms with E-state index in [0.717, 1.165) is 12.8 Å². The number of phenolic OH excluding ortho intramolecular Hbond substituents is 2. The van der Waals surface area contributed by atoms with Gasteiger partial charge in [0.1, 0.15) is 11.5 Å². The van der Waals surface area contributed by atoms with E-state index in [4.69, 9.17) is 0 Å². The van der Waals surface area contributed by atoms with Crippen molar-refractivity contribution in [1.82, 2.24) is 0 Å². The minimum atomic E-state index is 0.307. The Hall–Kier alpha value is -1.96. The van der Waals surface area contributed by atoms with E-state index in [1.165, 1.54) is 11.1 Å². The van der Waals surface area contributed by atoms with Crippen molar-refractivity contribution in [3.8, 4) is 11.5 Å². The molecule has 1 unspecified atom stereocenters. The molecule has 2 rings (SSSR count). The van der Waals surface area contributed by atoms with Crippen LogP contribution < -0.4 is 0 Å². The van der Waals surface area contributed by atoms with Crippen molar-refractivity contribution in [2.24, 2.45) is 0 Å². The summed E-state index contributed by atoms with van der Waals surface area (Å²) in [5.74, 6) is 1.46. The lowest BCUT2D eigenvalue weighted by molar-refractivity contribution is 0.470. The van der Waals surface area contributed by atoms with Gasteiger partial charge < -0.3 is 10.2 Å². The molecule has 0 fully saturated rings. The summed E-state index contributed by atoms with van der Waals surface area (Å²) in [4.78, 5) is 0. The SMILES string of the molecule is CCC(c1ccc(O)cc1)[C@H](CC)c1ccc(O)cc1. The molecule has 0 heterocycles. The summed E-state index contributed by atoms with van der Waals surface area (Å²) >= 11 is 0. The van der Waals surface area contributed by atoms with E-state index < -0.39 is 0 Å². The van der Waals surface area contributed by atoms with Gasteiger partial charge in [-0.05, 0) is 60.1 Å². The molecule has 0 radical (unpaired) electrons. The van der Waals surface area contributed by atoms with Crippen LogP contribution in [0.5, 0.6) is 11.5 Å². The van der Waals surface area contributed by atoms with Crippen molar-refractivity contribution in [1.29, 1.82) is 0 Å². The molecule has 2 aromatic rings. The number of hydrogen-bond donors (Lipinski definition) is 2. The van der Waals surface area contributed by atoms with Crippen LogP contribution in [0.1, 0.15) is 49.7 Å². The summed E-state index contributed by atoms with van der Waals surface area (Å²) in [5.41, 5.74) is 2.51. The van der Waals surface area contributed by atoms with E-state index in [1.54, 1.807) is 24.3 Å². The highest BCUT2D eigenvalue weighted by Crippen LogP contribution is 2.38. The molecule has 0 amide bonds. The molecule has 0 aliphatic heterocycles. The smallest absolute Gasteiger partial charge is 0.115 e. The molecular weight excluding hydrogens is 248 g/mol. The first-order valence-electron chi connectivity index (χ1n) is 7.23. The average molecular weight is 270 g/mol. The van der Waals surface area contributed by atoms with Gasteiger partial charge in [-0.3, -0.25) is 0 Å². The van der Waals surface area contributed by atoms with Crippen LogP contribution in [-0.2, 0) is 0 Å². The predicted octanol–water partition coefficient (Wildman–Crippen LogP) is 4.79. The number of benzene rings is 2. The van der Waals surface area contributed by atoms with Crippen LogP contribution in [0, 0.1) is 0 Å². The van der Waals surface area contributed by atoms with Crippen LogP contribution in [0.25, 0.3) is 0 Å². The third kappa shape index (κ3) is 3.13. The first-order chi connectivity index (χ1) is 9.65. The van der Waals surface area contributed by atoms with Crippen molar-refractivity contribution in [2.45, 2.75) is 38.5 Å². The van der Waals surface area contributed by atoms with E-state index in [9.17, 15) is 10.2 Å². The fourth-order valence-electron chi connectivity index (χ4n) is 2.95. The minimum Gasteiger partial charge on any atom is -0.508 e. The van der Waals surface area contributed by atoms with Crippen molar-refractivity contribution in [2.75, 3.05) is 0 Å². The molecule has 2 heteroatoms. The molecule has 0 spiro atoms. The van der Waals surface area contributed by atoms with Gasteiger partial charge in [0.05, 0.1) is 0 Å². The van der Waals surface area contributed by atoms with Crippen LogP contribution in [0.3, 0.4) is 0 Å². The lowest BCUT2D eigenvalue weighted by atomic mass is 9.78. The Balaban J connectivity index is 2.32. The number of rotatable bonds is 5. The molecule has 0 saturated heterocycles. The van der Waals surface area contributed by atoms with Gasteiger partial charge in [-0.25, -0.2) is 0 Å². The Bertz CT molecular complexity index is 477. The standard InChI is InChI=1S/C18H22O2/c1-3-17(13-5-9-15(19)10-6-13)18(4-2)14-7-11-16(20)12-8-14/h5-12,17-20H,3-4H2,1-2H3/t17-,18?/m1/s1. The summed E-state index contributed by atoms with van der Waals surface area (Å²) < 4.78 is 0. The van der Waals surface area contributed by atoms with Crippen LogP contribution in [0.2, 0.25) is 0 Å². The highest BCUT2D eigenvalue weighted by Gasteiger charge is 2.21. The van der Waals surface area contributed by atoms with E-state index in [0.29, 0.717) is 23.3 Å². The van der Waals surface area contributed by atoms with Gasteiger partial charge in [-0.15, -0.1) is 0 Å². The van der Waals surface area contributed by atoms with Gasteiger partial charge >= 0.3 is 0 Å². The topological polar surface area (TPSA) is 40.5 Å². The lowest BCUT2D eigenvalue weighted by Crippen LogP contribution is -2.10. The predicted molar refractivity (Wildman–Crippen MR) is 82.3 cm³/mol. The Kier molecular flexibility index (Phi) is 4.67. The molecule has 20 heavy (non-hydrogen) atoms. The van der Waals surface area contributed by atoms with Crippen LogP contribution in [-0.4, -0.2) is 10.2 Å². The lowest BCUT2D eigenvalue weighted by Gasteiger charge is -2.26. The molecule has 2 aromatic carbocycles. The maximum Gasteiger partial charge on any atom is 0.115 e. The number of hydrogen-bond acceptors (Lipinski definition) is 2. The highest BCUT2D eigenvalue weighted by atomic mass is 16.3. The molecule has 106 valence electrons. The second-order valence-corrected chi connectivity index (χ2v) is 5.21. The Morgan fingerprint density at radius 1 is 0.650 bits per heavy atom. The van der Waals surface area contributed by atoms with E-state index >= 15 is 0 Å². The average Bonchev–Trinajstić information content (AvgIpc) is 2.47. The molecule has 0 saturated carbocycles. The first-order valence-corrected chi connectivity index (χ1v) is 7.23. The summed E-state index contributed by atoms with van der Waals surface area (Å²) in [7, 11) is 0. The second-order valence-electron chi connectivity index (χ2n) is 5.21. The quantitative estimate of drug-likeness (QED) is 0.820. The monoisotopic (exact) mass is 270 g/mol. The summed E-state index contributed by atoms with van der Waals surface area (Å²) in [6.45, 7) is 4.39. The largest absolute Gasteiger partial charge is 0.508 e. The molecule has 2 nitrogen and oxygen atoms in total. The number of aromatic hydroxyl groups is 2. The zero-order valence-corrected chi connectivity index (χ0v) is 12.1. The molecule has 0 aromatic heterocycles. The first kappa shape index (κ1) is 14.4. The fourth-order valence-corrected chi connectivity index (χ4v) is 2.95. The van der Waals surface area contributed by atoms with Crippen molar-refractivity contribution in [3.05, 3.63) is 59.7 Å². The van der Waals surface area contributed by atoms with Gasteiger partial charge in [0.15, 0.2) is 0 Å². The normalized spacial score (nSPS) is 13.9.